The Morgan fingerprint density at radius 3 is 2.05 bits per heavy atom. The Morgan fingerprint density at radius 1 is 0.886 bits per heavy atom. The Labute approximate surface area is 257 Å². The van der Waals surface area contributed by atoms with Crippen molar-refractivity contribution in [2.24, 2.45) is 0 Å². The van der Waals surface area contributed by atoms with Crippen LogP contribution in [0.15, 0.2) is 72.8 Å². The van der Waals surface area contributed by atoms with Crippen LogP contribution in [0.25, 0.3) is 21.9 Å². The minimum absolute atomic E-state index is 0.394. The molecular weight excluding hydrogens is 556 g/mol. The molecule has 5 aromatic rings. The quantitative estimate of drug-likeness (QED) is 0.171. The molecule has 0 atom stereocenters. The molecule has 3 N–H and O–H groups in total. The van der Waals surface area contributed by atoms with Crippen molar-refractivity contribution in [1.29, 1.82) is 0 Å². The number of carbonyl (C=O) groups is 1. The molecule has 0 saturated heterocycles. The van der Waals surface area contributed by atoms with Gasteiger partial charge < -0.3 is 34.7 Å². The van der Waals surface area contributed by atoms with E-state index >= 15 is 0 Å². The smallest absolute Gasteiger partial charge is 0.407 e. The van der Waals surface area contributed by atoms with Gasteiger partial charge in [-0.3, -0.25) is 0 Å². The summed E-state index contributed by atoms with van der Waals surface area (Å²) in [6.07, 6.45) is 0.202. The zero-order valence-corrected chi connectivity index (χ0v) is 26.0. The third-order valence-electron chi connectivity index (χ3n) is 7.19. The number of amides is 1. The third kappa shape index (κ3) is 7.14. The van der Waals surface area contributed by atoms with Gasteiger partial charge in [-0.25, -0.2) is 14.8 Å². The molecule has 0 aliphatic carbocycles. The summed E-state index contributed by atoms with van der Waals surface area (Å²) in [6.45, 7) is 7.69. The van der Waals surface area contributed by atoms with E-state index in [-0.39, 0.29) is 0 Å². The summed E-state index contributed by atoms with van der Waals surface area (Å²) >= 11 is 0. The number of hydrogen-bond acceptors (Lipinski definition) is 8. The second-order valence-electron chi connectivity index (χ2n) is 11.6. The van der Waals surface area contributed by atoms with E-state index in [9.17, 15) is 4.79 Å². The fourth-order valence-electron chi connectivity index (χ4n) is 5.13. The zero-order valence-electron chi connectivity index (χ0n) is 26.0. The molecule has 0 bridgehead atoms. The van der Waals surface area contributed by atoms with Gasteiger partial charge in [0.2, 0.25) is 5.95 Å². The number of pyridine rings is 1. The number of para-hydroxylation sites is 1. The Morgan fingerprint density at radius 2 is 1.48 bits per heavy atom. The average Bonchev–Trinajstić information content (AvgIpc) is 3.34. The maximum absolute atomic E-state index is 12.2. The van der Waals surface area contributed by atoms with Crippen LogP contribution in [0.1, 0.15) is 38.3 Å². The highest BCUT2D eigenvalue weighted by Crippen LogP contribution is 2.34. The molecule has 44 heavy (non-hydrogen) atoms. The standard InChI is InChI=1S/C34H40N6O4/c1-34(2,3)44-33(41)36-19-8-20-40-30-27-9-6-7-10-28(27)37-31(29(30)38-32(40)35)39(21-23-11-15-25(42-4)16-12-23)22-24-13-17-26(43-5)18-14-24/h6-7,9-18H,8,19-22H2,1-5H3,(H2,35,38)(H,36,41). The SMILES string of the molecule is COc1ccc(CN(Cc2ccc(OC)cc2)c2nc3ccccc3c3c2nc(N)n3CCCNC(=O)OC(C)(C)C)cc1. The van der Waals surface area contributed by atoms with Crippen molar-refractivity contribution in [2.45, 2.75) is 52.4 Å². The molecule has 230 valence electrons. The minimum atomic E-state index is -0.555. The number of nitrogens with one attached hydrogen (secondary N) is 1. The fraction of sp³-hybridized carbons (Fsp3) is 0.324. The molecule has 10 nitrogen and oxygen atoms in total. The van der Waals surface area contributed by atoms with E-state index in [1.54, 1.807) is 14.2 Å². The number of nitrogens with two attached hydrogens (primary N) is 1. The molecule has 0 aliphatic rings. The lowest BCUT2D eigenvalue weighted by molar-refractivity contribution is 0.0527. The number of carbonyl (C=O) groups excluding carboxylic acids is 1. The first-order chi connectivity index (χ1) is 21.1. The highest BCUT2D eigenvalue weighted by atomic mass is 16.6. The third-order valence-corrected chi connectivity index (χ3v) is 7.19. The number of ether oxygens (including phenoxy) is 3. The number of hydrogen-bond donors (Lipinski definition) is 2. The molecule has 10 heteroatoms. The highest BCUT2D eigenvalue weighted by molar-refractivity contribution is 6.07. The average molecular weight is 597 g/mol. The van der Waals surface area contributed by atoms with Crippen molar-refractivity contribution in [3.63, 3.8) is 0 Å². The molecule has 2 heterocycles. The first-order valence-corrected chi connectivity index (χ1v) is 14.7. The lowest BCUT2D eigenvalue weighted by atomic mass is 10.1. The van der Waals surface area contributed by atoms with Crippen LogP contribution in [0.5, 0.6) is 11.5 Å². The molecular formula is C34H40N6O4. The maximum Gasteiger partial charge on any atom is 0.407 e. The lowest BCUT2D eigenvalue weighted by Gasteiger charge is -2.25. The number of alkyl carbamates (subject to hydrolysis) is 1. The van der Waals surface area contributed by atoms with Crippen molar-refractivity contribution >= 4 is 39.8 Å². The summed E-state index contributed by atoms with van der Waals surface area (Å²) in [5, 5.41) is 3.80. The normalized spacial score (nSPS) is 11.5. The molecule has 0 saturated carbocycles. The molecule has 5 rings (SSSR count). The number of methoxy groups -OCH3 is 2. The number of rotatable bonds is 11. The molecule has 0 unspecified atom stereocenters. The monoisotopic (exact) mass is 596 g/mol. The highest BCUT2D eigenvalue weighted by Gasteiger charge is 2.22. The Kier molecular flexibility index (Phi) is 9.08. The first-order valence-electron chi connectivity index (χ1n) is 14.7. The number of fused-ring (bicyclic) bond motifs is 3. The van der Waals surface area contributed by atoms with Crippen molar-refractivity contribution in [3.8, 4) is 11.5 Å². The molecule has 3 aromatic carbocycles. The molecule has 0 aliphatic heterocycles. The van der Waals surface area contributed by atoms with Crippen molar-refractivity contribution in [1.82, 2.24) is 19.9 Å². The van der Waals surface area contributed by atoms with E-state index in [4.69, 9.17) is 29.9 Å². The minimum Gasteiger partial charge on any atom is -0.497 e. The molecule has 1 amide bonds. The van der Waals surface area contributed by atoms with E-state index in [0.717, 1.165) is 50.4 Å². The van der Waals surface area contributed by atoms with Gasteiger partial charge in [-0.15, -0.1) is 0 Å². The number of nitrogens with zero attached hydrogens (tertiary/aromatic N) is 4. The largest absolute Gasteiger partial charge is 0.497 e. The van der Waals surface area contributed by atoms with Crippen LogP contribution in [0, 0.1) is 0 Å². The van der Waals surface area contributed by atoms with Crippen LogP contribution in [-0.2, 0) is 24.4 Å². The van der Waals surface area contributed by atoms with Crippen molar-refractivity contribution in [2.75, 3.05) is 31.4 Å². The number of benzene rings is 3. The van der Waals surface area contributed by atoms with Gasteiger partial charge in [0.1, 0.15) is 22.6 Å². The summed E-state index contributed by atoms with van der Waals surface area (Å²) < 4.78 is 18.1. The van der Waals surface area contributed by atoms with E-state index in [1.165, 1.54) is 0 Å². The summed E-state index contributed by atoms with van der Waals surface area (Å²) in [7, 11) is 3.32. The Bertz CT molecular complexity index is 1680. The summed E-state index contributed by atoms with van der Waals surface area (Å²) in [5.74, 6) is 2.73. The fourth-order valence-corrected chi connectivity index (χ4v) is 5.13. The maximum atomic E-state index is 12.2. The Balaban J connectivity index is 1.52. The predicted molar refractivity (Wildman–Crippen MR) is 174 cm³/mol. The molecule has 0 spiro atoms. The van der Waals surface area contributed by atoms with Gasteiger partial charge in [-0.1, -0.05) is 42.5 Å². The van der Waals surface area contributed by atoms with Crippen LogP contribution in [0.4, 0.5) is 16.6 Å². The van der Waals surface area contributed by atoms with Crippen LogP contribution < -0.4 is 25.4 Å². The van der Waals surface area contributed by atoms with Gasteiger partial charge in [0.05, 0.1) is 25.3 Å². The second kappa shape index (κ2) is 13.1. The van der Waals surface area contributed by atoms with Gasteiger partial charge >= 0.3 is 6.09 Å². The Hall–Kier alpha value is -4.99. The summed E-state index contributed by atoms with van der Waals surface area (Å²) in [5.41, 5.74) is 10.7. The number of aromatic nitrogens is 3. The van der Waals surface area contributed by atoms with Crippen molar-refractivity contribution in [3.05, 3.63) is 83.9 Å². The first kappa shape index (κ1) is 30.5. The number of anilines is 2. The van der Waals surface area contributed by atoms with Gasteiger partial charge in [0.25, 0.3) is 0 Å². The molecule has 0 radical (unpaired) electrons. The van der Waals surface area contributed by atoms with Crippen LogP contribution in [0.3, 0.4) is 0 Å². The van der Waals surface area contributed by atoms with Crippen LogP contribution >= 0.6 is 0 Å². The second-order valence-corrected chi connectivity index (χ2v) is 11.6. The van der Waals surface area contributed by atoms with Gasteiger partial charge in [0.15, 0.2) is 5.82 Å². The van der Waals surface area contributed by atoms with E-state index in [2.05, 4.69) is 34.5 Å². The van der Waals surface area contributed by atoms with Gasteiger partial charge in [-0.05, 0) is 68.7 Å². The number of imidazole rings is 1. The lowest BCUT2D eigenvalue weighted by Crippen LogP contribution is -2.33. The molecule has 0 fully saturated rings. The summed E-state index contributed by atoms with van der Waals surface area (Å²) in [4.78, 5) is 24.4. The van der Waals surface area contributed by atoms with Gasteiger partial charge in [0, 0.05) is 31.6 Å². The number of nitrogen functional groups attached to an aromatic ring is 1. The van der Waals surface area contributed by atoms with E-state index in [1.807, 2.05) is 73.9 Å². The van der Waals surface area contributed by atoms with Crippen molar-refractivity contribution < 1.29 is 19.0 Å². The van der Waals surface area contributed by atoms with Gasteiger partial charge in [-0.2, -0.15) is 0 Å². The molecule has 2 aromatic heterocycles. The number of aryl methyl sites for hydroxylation is 1. The van der Waals surface area contributed by atoms with E-state index < -0.39 is 11.7 Å². The van der Waals surface area contributed by atoms with Crippen LogP contribution in [-0.4, -0.2) is 47.0 Å². The summed E-state index contributed by atoms with van der Waals surface area (Å²) in [6, 6.07) is 24.1. The predicted octanol–water partition coefficient (Wildman–Crippen LogP) is 6.31. The zero-order chi connectivity index (χ0) is 31.3. The van der Waals surface area contributed by atoms with Crippen LogP contribution in [0.2, 0.25) is 0 Å². The topological polar surface area (TPSA) is 117 Å². The van der Waals surface area contributed by atoms with E-state index in [0.29, 0.717) is 38.5 Å².